The Kier molecular flexibility index (Phi) is 3.79. The molecular formula is C4H6FeN9O3+. The van der Waals surface area contributed by atoms with Gasteiger partial charge in [-0.2, -0.15) is 9.35 Å². The summed E-state index contributed by atoms with van der Waals surface area (Å²) in [7, 11) is 0. The Bertz CT molecular complexity index is 464. The molecule has 12 nitrogen and oxygen atoms in total. The largest absolute Gasteiger partial charge is 0.495 e. The van der Waals surface area contributed by atoms with Crippen molar-refractivity contribution < 1.29 is 31.8 Å². The van der Waals surface area contributed by atoms with Crippen LogP contribution in [-0.4, -0.2) is 34.8 Å². The van der Waals surface area contributed by atoms with Gasteiger partial charge in [0.15, 0.2) is 0 Å². The maximum atomic E-state index is 11.1. The van der Waals surface area contributed by atoms with Gasteiger partial charge in [-0.3, -0.25) is 0 Å². The van der Waals surface area contributed by atoms with Crippen molar-refractivity contribution in [3.63, 3.8) is 0 Å². The van der Waals surface area contributed by atoms with E-state index in [-0.39, 0.29) is 34.2 Å². The summed E-state index contributed by atoms with van der Waals surface area (Å²) in [6.45, 7) is 0. The quantitative estimate of drug-likeness (QED) is 0.348. The first kappa shape index (κ1) is 12.7. The topological polar surface area (TPSA) is 152 Å². The number of nitrogens with zero attached hydrogens (tertiary/aromatic N) is 7. The zero-order chi connectivity index (χ0) is 11.5. The summed E-state index contributed by atoms with van der Waals surface area (Å²) < 4.78 is 1.75. The molecule has 17 heavy (non-hydrogen) atoms. The minimum absolute atomic E-state index is 0. The molecule has 0 aromatic carbocycles. The van der Waals surface area contributed by atoms with Crippen LogP contribution in [0.1, 0.15) is 0 Å². The van der Waals surface area contributed by atoms with E-state index in [4.69, 9.17) is 11.7 Å². The maximum Gasteiger partial charge on any atom is 0.495 e. The Morgan fingerprint density at radius 2 is 1.47 bits per heavy atom. The SMILES string of the molecule is Nn1cnnc1O[N+](=O)Oc1nncn1N.[Fe]. The molecular weight excluding hydrogens is 278 g/mol. The minimum Gasteiger partial charge on any atom is -0.334 e. The Labute approximate surface area is 103 Å². The Hall–Kier alpha value is -2.40. The van der Waals surface area contributed by atoms with Crippen molar-refractivity contribution in [1.29, 1.82) is 0 Å². The molecule has 0 saturated carbocycles. The Morgan fingerprint density at radius 3 is 1.76 bits per heavy atom. The van der Waals surface area contributed by atoms with Crippen LogP contribution < -0.4 is 21.4 Å². The van der Waals surface area contributed by atoms with Crippen LogP contribution in [0.5, 0.6) is 12.0 Å². The van der Waals surface area contributed by atoms with Gasteiger partial charge in [-0.05, 0) is 0 Å². The molecule has 2 aromatic rings. The molecule has 2 aromatic heterocycles. The summed E-state index contributed by atoms with van der Waals surface area (Å²) in [6.07, 6.45) is 2.27. The normalized spacial score (nSPS) is 9.41. The second-order valence-electron chi connectivity index (χ2n) is 2.45. The first-order valence-corrected chi connectivity index (χ1v) is 3.80. The van der Waals surface area contributed by atoms with Gasteiger partial charge in [0.1, 0.15) is 17.6 Å². The summed E-state index contributed by atoms with van der Waals surface area (Å²) >= 11 is 0. The summed E-state index contributed by atoms with van der Waals surface area (Å²) in [5, 5.41) is 13.2. The second-order valence-corrected chi connectivity index (χ2v) is 2.45. The van der Waals surface area contributed by atoms with E-state index < -0.39 is 0 Å². The summed E-state index contributed by atoms with van der Waals surface area (Å²) in [4.78, 5) is 20.1. The average molecular weight is 284 g/mol. The van der Waals surface area contributed by atoms with Crippen molar-refractivity contribution in [2.45, 2.75) is 0 Å². The fourth-order valence-electron chi connectivity index (χ4n) is 0.747. The zero-order valence-corrected chi connectivity index (χ0v) is 9.12. The number of hydrogen-bond acceptors (Lipinski definition) is 9. The van der Waals surface area contributed by atoms with Crippen molar-refractivity contribution in [3.05, 3.63) is 17.6 Å². The molecule has 4 N–H and O–H groups in total. The fourth-order valence-corrected chi connectivity index (χ4v) is 0.747. The summed E-state index contributed by atoms with van der Waals surface area (Å²) in [5.41, 5.74) is 0. The maximum absolute atomic E-state index is 11.1. The molecule has 13 heteroatoms. The van der Waals surface area contributed by atoms with Gasteiger partial charge in [0.2, 0.25) is 0 Å². The smallest absolute Gasteiger partial charge is 0.334 e. The van der Waals surface area contributed by atoms with Crippen LogP contribution in [0.25, 0.3) is 0 Å². The van der Waals surface area contributed by atoms with Crippen LogP contribution in [0.15, 0.2) is 12.7 Å². The third-order valence-corrected chi connectivity index (χ3v) is 1.39. The molecule has 2 heterocycles. The van der Waals surface area contributed by atoms with E-state index >= 15 is 0 Å². The van der Waals surface area contributed by atoms with Gasteiger partial charge in [-0.25, -0.2) is 0 Å². The number of nitrogens with two attached hydrogens (primary N) is 2. The average Bonchev–Trinajstić information content (AvgIpc) is 2.79. The van der Waals surface area contributed by atoms with Crippen molar-refractivity contribution in [2.75, 3.05) is 11.7 Å². The molecule has 0 fully saturated rings. The number of aromatic nitrogens is 6. The van der Waals surface area contributed by atoms with Crippen LogP contribution >= 0.6 is 0 Å². The van der Waals surface area contributed by atoms with Crippen LogP contribution in [0.4, 0.5) is 0 Å². The van der Waals surface area contributed by atoms with E-state index in [9.17, 15) is 4.91 Å². The molecule has 0 aliphatic heterocycles. The third kappa shape index (κ3) is 2.79. The molecule has 2 rings (SSSR count). The predicted octanol–water partition coefficient (Wildman–Crippen LogP) is -2.64. The first-order chi connectivity index (χ1) is 7.66. The molecule has 0 amide bonds. The van der Waals surface area contributed by atoms with Gasteiger partial charge in [-0.15, -0.1) is 10.2 Å². The molecule has 0 radical (unpaired) electrons. The van der Waals surface area contributed by atoms with Crippen molar-refractivity contribution in [3.8, 4) is 12.0 Å². The van der Waals surface area contributed by atoms with Gasteiger partial charge in [0.05, 0.1) is 0 Å². The molecule has 0 unspecified atom stereocenters. The molecule has 0 saturated heterocycles. The van der Waals surface area contributed by atoms with Crippen LogP contribution in [-0.2, 0) is 17.1 Å². The van der Waals surface area contributed by atoms with E-state index in [0.29, 0.717) is 0 Å². The second kappa shape index (κ2) is 5.09. The van der Waals surface area contributed by atoms with Gasteiger partial charge >= 0.3 is 17.1 Å². The Balaban J connectivity index is 0.00000144. The zero-order valence-electron chi connectivity index (χ0n) is 8.02. The molecule has 0 aliphatic rings. The molecule has 92 valence electrons. The number of hydrogen-bond donors (Lipinski definition) is 2. The van der Waals surface area contributed by atoms with Gasteiger partial charge in [-0.1, -0.05) is 19.9 Å². The predicted molar refractivity (Wildman–Crippen MR) is 45.2 cm³/mol. The van der Waals surface area contributed by atoms with E-state index in [1.54, 1.807) is 0 Å². The van der Waals surface area contributed by atoms with Gasteiger partial charge in [0.25, 0.3) is 0 Å². The van der Waals surface area contributed by atoms with Gasteiger partial charge < -0.3 is 11.7 Å². The molecule has 0 atom stereocenters. The number of nitrogen functional groups attached to an aromatic ring is 2. The van der Waals surface area contributed by atoms with Crippen LogP contribution in [0, 0.1) is 4.91 Å². The first-order valence-electron chi connectivity index (χ1n) is 3.80. The number of rotatable bonds is 4. The van der Waals surface area contributed by atoms with E-state index in [1.165, 1.54) is 0 Å². The Morgan fingerprint density at radius 1 is 1.06 bits per heavy atom. The van der Waals surface area contributed by atoms with E-state index in [0.717, 1.165) is 22.0 Å². The van der Waals surface area contributed by atoms with Crippen LogP contribution in [0.2, 0.25) is 0 Å². The minimum atomic E-state index is -0.291. The van der Waals surface area contributed by atoms with Crippen molar-refractivity contribution in [1.82, 2.24) is 29.7 Å². The summed E-state index contributed by atoms with van der Waals surface area (Å²) in [5.74, 6) is 10.6. The van der Waals surface area contributed by atoms with E-state index in [2.05, 4.69) is 30.1 Å². The molecule has 0 bridgehead atoms. The molecule has 0 spiro atoms. The van der Waals surface area contributed by atoms with Crippen molar-refractivity contribution >= 4 is 0 Å². The standard InChI is InChI=1S/C4H6N9O3.Fe/c5-11-1-7-9-3(11)15-13(14)16-4-10-8-2-12(4)6;/h1-2H,5-6H2;/q+1;. The fraction of sp³-hybridized carbons (Fsp3) is 0. The third-order valence-electron chi connectivity index (χ3n) is 1.39. The van der Waals surface area contributed by atoms with E-state index in [1.807, 2.05) is 0 Å². The molecule has 0 aliphatic carbocycles. The summed E-state index contributed by atoms with van der Waals surface area (Å²) in [6, 6.07) is -0.531. The van der Waals surface area contributed by atoms with Gasteiger partial charge in [0, 0.05) is 17.1 Å². The van der Waals surface area contributed by atoms with Crippen LogP contribution in [0.3, 0.4) is 0 Å². The monoisotopic (exact) mass is 284 g/mol. The van der Waals surface area contributed by atoms with Crippen molar-refractivity contribution in [2.24, 2.45) is 0 Å².